The summed E-state index contributed by atoms with van der Waals surface area (Å²) in [5.41, 5.74) is 2.02. The summed E-state index contributed by atoms with van der Waals surface area (Å²) >= 11 is 1.37. The van der Waals surface area contributed by atoms with Crippen molar-refractivity contribution in [3.05, 3.63) is 52.4 Å². The number of hydrogen-bond acceptors (Lipinski definition) is 4. The number of thiophene rings is 1. The standard InChI is InChI=1S/C15H12O3S/c16-13-7-2-4-10-11(13)5-1-6-12(10)15(17)18-14-8-3-9-19-14/h1,3,5-6,8-9H,2,4,7H2. The lowest BCUT2D eigenvalue weighted by Crippen LogP contribution is -2.17. The number of hydrogen-bond donors (Lipinski definition) is 0. The van der Waals surface area contributed by atoms with Crippen LogP contribution in [0.3, 0.4) is 0 Å². The lowest BCUT2D eigenvalue weighted by molar-refractivity contribution is 0.0739. The number of rotatable bonds is 2. The number of ketones is 1. The molecule has 0 unspecified atom stereocenters. The predicted octanol–water partition coefficient (Wildman–Crippen LogP) is 3.49. The summed E-state index contributed by atoms with van der Waals surface area (Å²) in [6, 6.07) is 8.85. The van der Waals surface area contributed by atoms with E-state index in [9.17, 15) is 9.59 Å². The molecule has 2 aromatic rings. The van der Waals surface area contributed by atoms with Crippen LogP contribution in [0.4, 0.5) is 0 Å². The van der Waals surface area contributed by atoms with Gasteiger partial charge in [-0.15, -0.1) is 11.3 Å². The normalized spacial score (nSPS) is 14.0. The molecule has 0 bridgehead atoms. The summed E-state index contributed by atoms with van der Waals surface area (Å²) < 4.78 is 5.31. The van der Waals surface area contributed by atoms with E-state index in [1.807, 2.05) is 11.4 Å². The van der Waals surface area contributed by atoms with E-state index < -0.39 is 0 Å². The minimum absolute atomic E-state index is 0.118. The minimum Gasteiger partial charge on any atom is -0.412 e. The smallest absolute Gasteiger partial charge is 0.344 e. The third-order valence-electron chi connectivity index (χ3n) is 3.22. The molecule has 96 valence electrons. The van der Waals surface area contributed by atoms with Gasteiger partial charge in [-0.2, -0.15) is 0 Å². The molecule has 0 amide bonds. The van der Waals surface area contributed by atoms with E-state index >= 15 is 0 Å². The van der Waals surface area contributed by atoms with E-state index in [0.717, 1.165) is 18.4 Å². The van der Waals surface area contributed by atoms with Crippen LogP contribution in [-0.2, 0) is 6.42 Å². The van der Waals surface area contributed by atoms with Crippen molar-refractivity contribution in [3.63, 3.8) is 0 Å². The molecule has 0 saturated heterocycles. The van der Waals surface area contributed by atoms with Gasteiger partial charge in [0.2, 0.25) is 0 Å². The second-order valence-electron chi connectivity index (χ2n) is 4.43. The zero-order valence-corrected chi connectivity index (χ0v) is 11.0. The highest BCUT2D eigenvalue weighted by Gasteiger charge is 2.23. The van der Waals surface area contributed by atoms with Crippen LogP contribution in [0.2, 0.25) is 0 Å². The van der Waals surface area contributed by atoms with E-state index in [2.05, 4.69) is 0 Å². The van der Waals surface area contributed by atoms with Crippen molar-refractivity contribution in [1.82, 2.24) is 0 Å². The highest BCUT2D eigenvalue weighted by Crippen LogP contribution is 2.26. The molecule has 19 heavy (non-hydrogen) atoms. The number of fused-ring (bicyclic) bond motifs is 1. The number of Topliss-reactive ketones (excluding diaryl/α,β-unsaturated/α-hetero) is 1. The molecule has 0 atom stereocenters. The Morgan fingerprint density at radius 1 is 1.16 bits per heavy atom. The second kappa shape index (κ2) is 4.97. The van der Waals surface area contributed by atoms with Gasteiger partial charge in [0.15, 0.2) is 10.8 Å². The quantitative estimate of drug-likeness (QED) is 0.786. The fraction of sp³-hybridized carbons (Fsp3) is 0.200. The number of ether oxygens (including phenoxy) is 1. The third-order valence-corrected chi connectivity index (χ3v) is 3.96. The second-order valence-corrected chi connectivity index (χ2v) is 5.34. The summed E-state index contributed by atoms with van der Waals surface area (Å²) in [6.45, 7) is 0. The Labute approximate surface area is 114 Å². The number of carbonyl (C=O) groups excluding carboxylic acids is 2. The van der Waals surface area contributed by atoms with Crippen LogP contribution in [-0.4, -0.2) is 11.8 Å². The van der Waals surface area contributed by atoms with Crippen LogP contribution in [0, 0.1) is 0 Å². The first-order valence-corrected chi connectivity index (χ1v) is 7.04. The molecule has 1 aliphatic carbocycles. The maximum Gasteiger partial charge on any atom is 0.344 e. The molecule has 1 heterocycles. The lowest BCUT2D eigenvalue weighted by Gasteiger charge is -2.17. The number of esters is 1. The third kappa shape index (κ3) is 2.31. The minimum atomic E-state index is -0.381. The zero-order chi connectivity index (χ0) is 13.2. The molecule has 0 spiro atoms. The molecule has 4 heteroatoms. The van der Waals surface area contributed by atoms with Crippen LogP contribution in [0.25, 0.3) is 0 Å². The molecular weight excluding hydrogens is 260 g/mol. The molecule has 1 aromatic carbocycles. The van der Waals surface area contributed by atoms with Gasteiger partial charge in [-0.25, -0.2) is 4.79 Å². The van der Waals surface area contributed by atoms with Crippen LogP contribution in [0.15, 0.2) is 35.7 Å². The largest absolute Gasteiger partial charge is 0.412 e. The van der Waals surface area contributed by atoms with E-state index in [0.29, 0.717) is 22.6 Å². The van der Waals surface area contributed by atoms with E-state index in [-0.39, 0.29) is 11.8 Å². The van der Waals surface area contributed by atoms with Crippen molar-refractivity contribution in [3.8, 4) is 5.06 Å². The Hall–Kier alpha value is -1.94. The van der Waals surface area contributed by atoms with Gasteiger partial charge in [0.1, 0.15) is 0 Å². The van der Waals surface area contributed by atoms with Crippen molar-refractivity contribution in [2.75, 3.05) is 0 Å². The van der Waals surface area contributed by atoms with Gasteiger partial charge in [0.25, 0.3) is 0 Å². The van der Waals surface area contributed by atoms with Gasteiger partial charge in [-0.1, -0.05) is 12.1 Å². The number of benzene rings is 1. The Balaban J connectivity index is 1.95. The van der Waals surface area contributed by atoms with Crippen LogP contribution in [0.1, 0.15) is 39.1 Å². The average Bonchev–Trinajstić information content (AvgIpc) is 2.91. The van der Waals surface area contributed by atoms with Gasteiger partial charge in [-0.05, 0) is 42.0 Å². The van der Waals surface area contributed by atoms with Crippen molar-refractivity contribution >= 4 is 23.1 Å². The first-order chi connectivity index (χ1) is 9.25. The summed E-state index contributed by atoms with van der Waals surface area (Å²) in [7, 11) is 0. The van der Waals surface area contributed by atoms with E-state index in [1.165, 1.54) is 11.3 Å². The SMILES string of the molecule is O=C1CCCc2c1cccc2C(=O)Oc1cccs1. The lowest BCUT2D eigenvalue weighted by atomic mass is 9.87. The van der Waals surface area contributed by atoms with Crippen molar-refractivity contribution < 1.29 is 14.3 Å². The first kappa shape index (κ1) is 12.1. The summed E-state index contributed by atoms with van der Waals surface area (Å²) in [4.78, 5) is 24.0. The summed E-state index contributed by atoms with van der Waals surface area (Å²) in [5, 5.41) is 2.43. The summed E-state index contributed by atoms with van der Waals surface area (Å²) in [5.74, 6) is -0.263. The molecule has 0 aliphatic heterocycles. The molecule has 1 aliphatic rings. The van der Waals surface area contributed by atoms with Crippen molar-refractivity contribution in [2.45, 2.75) is 19.3 Å². The molecule has 0 radical (unpaired) electrons. The van der Waals surface area contributed by atoms with Crippen LogP contribution >= 0.6 is 11.3 Å². The van der Waals surface area contributed by atoms with Crippen molar-refractivity contribution in [2.24, 2.45) is 0 Å². The number of carbonyl (C=O) groups is 2. The Bertz CT molecular complexity index is 629. The van der Waals surface area contributed by atoms with Crippen LogP contribution < -0.4 is 4.74 Å². The Morgan fingerprint density at radius 2 is 2.05 bits per heavy atom. The van der Waals surface area contributed by atoms with E-state index in [1.54, 1.807) is 24.3 Å². The Kier molecular flexibility index (Phi) is 3.17. The summed E-state index contributed by atoms with van der Waals surface area (Å²) in [6.07, 6.45) is 2.13. The Morgan fingerprint density at radius 3 is 2.84 bits per heavy atom. The molecule has 3 rings (SSSR count). The van der Waals surface area contributed by atoms with Gasteiger partial charge in [0.05, 0.1) is 5.56 Å². The van der Waals surface area contributed by atoms with E-state index in [4.69, 9.17) is 4.74 Å². The highest BCUT2D eigenvalue weighted by atomic mass is 32.1. The predicted molar refractivity (Wildman–Crippen MR) is 73.0 cm³/mol. The maximum absolute atomic E-state index is 12.2. The van der Waals surface area contributed by atoms with Gasteiger partial charge >= 0.3 is 5.97 Å². The monoisotopic (exact) mass is 272 g/mol. The molecule has 0 saturated carbocycles. The fourth-order valence-electron chi connectivity index (χ4n) is 2.34. The molecule has 3 nitrogen and oxygen atoms in total. The van der Waals surface area contributed by atoms with Crippen molar-refractivity contribution in [1.29, 1.82) is 0 Å². The molecule has 0 N–H and O–H groups in total. The topological polar surface area (TPSA) is 43.4 Å². The molecule has 1 aromatic heterocycles. The zero-order valence-electron chi connectivity index (χ0n) is 10.2. The average molecular weight is 272 g/mol. The fourth-order valence-corrected chi connectivity index (χ4v) is 2.91. The first-order valence-electron chi connectivity index (χ1n) is 6.16. The van der Waals surface area contributed by atoms with Gasteiger partial charge in [0, 0.05) is 12.0 Å². The van der Waals surface area contributed by atoms with Crippen LogP contribution in [0.5, 0.6) is 5.06 Å². The molecule has 0 fully saturated rings. The molecular formula is C15H12O3S. The maximum atomic E-state index is 12.2. The highest BCUT2D eigenvalue weighted by molar-refractivity contribution is 7.11. The van der Waals surface area contributed by atoms with Gasteiger partial charge in [-0.3, -0.25) is 4.79 Å². The van der Waals surface area contributed by atoms with Gasteiger partial charge < -0.3 is 4.74 Å².